The predicted octanol–water partition coefficient (Wildman–Crippen LogP) is 3.91. The second kappa shape index (κ2) is 14.7. The average molecular weight is 536 g/mol. The highest BCUT2D eigenvalue weighted by Gasteiger charge is 2.43. The molecule has 1 heterocycles. The lowest BCUT2D eigenvalue weighted by Gasteiger charge is -2.20. The molecule has 12 nitrogen and oxygen atoms in total. The van der Waals surface area contributed by atoms with Gasteiger partial charge in [0.2, 0.25) is 0 Å². The van der Waals surface area contributed by atoms with Crippen LogP contribution in [0.15, 0.2) is 35.5 Å². The Balaban J connectivity index is 2.33. The van der Waals surface area contributed by atoms with Gasteiger partial charge < -0.3 is 39.0 Å². The minimum absolute atomic E-state index is 0.0431. The largest absolute Gasteiger partial charge is 0.493 e. The zero-order valence-electron chi connectivity index (χ0n) is 22.3. The molecule has 1 aliphatic rings. The number of rotatable bonds is 15. The van der Waals surface area contributed by atoms with Crippen molar-refractivity contribution < 1.29 is 43.8 Å². The Morgan fingerprint density at radius 3 is 2.55 bits per heavy atom. The molecular formula is C26H37N3O9. The molecule has 1 aromatic rings. The van der Waals surface area contributed by atoms with Crippen LogP contribution in [0.2, 0.25) is 0 Å². The molecule has 1 fully saturated rings. The molecular weight excluding hydrogens is 498 g/mol. The van der Waals surface area contributed by atoms with Crippen molar-refractivity contribution in [3.8, 4) is 11.5 Å². The monoisotopic (exact) mass is 535 g/mol. The van der Waals surface area contributed by atoms with Crippen LogP contribution in [0.3, 0.4) is 0 Å². The van der Waals surface area contributed by atoms with E-state index in [0.29, 0.717) is 0 Å². The van der Waals surface area contributed by atoms with E-state index in [4.69, 9.17) is 29.2 Å². The number of aromatic carboxylic acids is 1. The number of nitrogens with zero attached hydrogens (tertiary/aromatic N) is 3. The molecule has 1 saturated heterocycles. The number of ether oxygens (including phenoxy) is 5. The van der Waals surface area contributed by atoms with Gasteiger partial charge in [-0.05, 0) is 50.8 Å². The van der Waals surface area contributed by atoms with Crippen LogP contribution < -0.4 is 9.47 Å². The quantitative estimate of drug-likeness (QED) is 0.0751. The lowest BCUT2D eigenvalue weighted by atomic mass is 10.00. The van der Waals surface area contributed by atoms with Crippen LogP contribution in [0, 0.1) is 5.92 Å². The fourth-order valence-corrected chi connectivity index (χ4v) is 3.79. The third-order valence-corrected chi connectivity index (χ3v) is 5.81. The molecule has 12 heteroatoms. The van der Waals surface area contributed by atoms with Crippen molar-refractivity contribution in [1.29, 1.82) is 0 Å². The van der Waals surface area contributed by atoms with E-state index in [-0.39, 0.29) is 54.9 Å². The first-order valence-electron chi connectivity index (χ1n) is 12.2. The van der Waals surface area contributed by atoms with Crippen molar-refractivity contribution in [2.24, 2.45) is 11.0 Å². The molecule has 5 atom stereocenters. The lowest BCUT2D eigenvalue weighted by Crippen LogP contribution is -2.34. The van der Waals surface area contributed by atoms with Gasteiger partial charge in [-0.3, -0.25) is 0 Å². The van der Waals surface area contributed by atoms with Crippen LogP contribution in [-0.2, 0) is 14.2 Å². The molecule has 0 aromatic heterocycles. The molecule has 0 radical (unpaired) electrons. The van der Waals surface area contributed by atoms with Gasteiger partial charge >= 0.3 is 5.97 Å². The number of carbonyl (C=O) groups is 1. The van der Waals surface area contributed by atoms with Crippen LogP contribution in [0.25, 0.3) is 16.5 Å². The van der Waals surface area contributed by atoms with Crippen molar-refractivity contribution in [3.63, 3.8) is 0 Å². The van der Waals surface area contributed by atoms with E-state index in [1.54, 1.807) is 51.1 Å². The molecule has 0 aliphatic carbocycles. The van der Waals surface area contributed by atoms with E-state index < -0.39 is 36.2 Å². The van der Waals surface area contributed by atoms with E-state index in [9.17, 15) is 20.1 Å². The fraction of sp³-hybridized carbons (Fsp3) is 0.577. The van der Waals surface area contributed by atoms with E-state index in [2.05, 4.69) is 10.0 Å². The van der Waals surface area contributed by atoms with Gasteiger partial charge in [0, 0.05) is 17.6 Å². The summed E-state index contributed by atoms with van der Waals surface area (Å²) >= 11 is 0. The van der Waals surface area contributed by atoms with Crippen LogP contribution in [0.4, 0.5) is 0 Å². The maximum atomic E-state index is 12.2. The Hall–Kier alpha value is -3.12. The van der Waals surface area contributed by atoms with Crippen molar-refractivity contribution >= 4 is 12.0 Å². The van der Waals surface area contributed by atoms with Crippen LogP contribution in [0.5, 0.6) is 11.5 Å². The number of azide groups is 1. The van der Waals surface area contributed by atoms with Crippen molar-refractivity contribution in [1.82, 2.24) is 0 Å². The fourth-order valence-electron chi connectivity index (χ4n) is 3.79. The first kappa shape index (κ1) is 31.1. The van der Waals surface area contributed by atoms with Crippen molar-refractivity contribution in [2.75, 3.05) is 27.1 Å². The summed E-state index contributed by atoms with van der Waals surface area (Å²) in [6, 6.07) is 3.03. The van der Waals surface area contributed by atoms with E-state index in [0.717, 1.165) is 0 Å². The molecule has 1 aliphatic heterocycles. The standard InChI is InChI=1S/C26H37N3O9/c1-16(17(2)30)9-10-19(31)24-22(37-26(3,4)38-24)8-6-7-18-20(35-14-13-28-29-27)11-12-21(36-15-34-5)23(18)25(32)33/h6-7,9-12,16-17,19,22,24,30-31H,8,13-15H2,1-5H3,(H,32,33)/t16-,17+,19?,22+,24-/m1/s1. The van der Waals surface area contributed by atoms with E-state index in [1.807, 2.05) is 6.92 Å². The summed E-state index contributed by atoms with van der Waals surface area (Å²) in [5, 5.41) is 33.8. The molecule has 0 spiro atoms. The Morgan fingerprint density at radius 2 is 1.92 bits per heavy atom. The van der Waals surface area contributed by atoms with E-state index >= 15 is 0 Å². The second-order valence-electron chi connectivity index (χ2n) is 9.26. The molecule has 0 amide bonds. The van der Waals surface area contributed by atoms with Crippen molar-refractivity contribution in [2.45, 2.75) is 64.3 Å². The minimum atomic E-state index is -1.23. The topological polar surface area (TPSA) is 173 Å². The number of carboxylic acid groups (broad SMARTS) is 1. The third kappa shape index (κ3) is 9.02. The highest BCUT2D eigenvalue weighted by Crippen LogP contribution is 2.35. The van der Waals surface area contributed by atoms with Gasteiger partial charge in [0.15, 0.2) is 12.6 Å². The second-order valence-corrected chi connectivity index (χ2v) is 9.26. The van der Waals surface area contributed by atoms with Gasteiger partial charge in [-0.2, -0.15) is 0 Å². The summed E-state index contributed by atoms with van der Waals surface area (Å²) < 4.78 is 28.0. The van der Waals surface area contributed by atoms with Gasteiger partial charge in [0.25, 0.3) is 0 Å². The minimum Gasteiger partial charge on any atom is -0.493 e. The van der Waals surface area contributed by atoms with Gasteiger partial charge in [-0.25, -0.2) is 4.79 Å². The summed E-state index contributed by atoms with van der Waals surface area (Å²) in [6.45, 7) is 6.95. The first-order valence-corrected chi connectivity index (χ1v) is 12.2. The highest BCUT2D eigenvalue weighted by atomic mass is 16.8. The number of hydrogen-bond donors (Lipinski definition) is 3. The third-order valence-electron chi connectivity index (χ3n) is 5.81. The average Bonchev–Trinajstić information content (AvgIpc) is 3.18. The Bertz CT molecular complexity index is 1040. The zero-order valence-corrected chi connectivity index (χ0v) is 22.3. The number of hydrogen-bond acceptors (Lipinski definition) is 9. The summed E-state index contributed by atoms with van der Waals surface area (Å²) in [6.07, 6.45) is 4.08. The van der Waals surface area contributed by atoms with Crippen LogP contribution >= 0.6 is 0 Å². The molecule has 1 aromatic carbocycles. The van der Waals surface area contributed by atoms with Gasteiger partial charge in [-0.15, -0.1) is 0 Å². The SMILES string of the molecule is COCOc1ccc(OCCN=[N+]=[N-])c(C=CC[C@@H]2OC(C)(C)O[C@@H]2C(O)C=C[C@@H](C)[C@H](C)O)c1C(=O)O. The molecule has 2 rings (SSSR count). The lowest BCUT2D eigenvalue weighted by molar-refractivity contribution is -0.152. The number of aliphatic hydroxyl groups excluding tert-OH is 2. The number of methoxy groups -OCH3 is 1. The van der Waals surface area contributed by atoms with E-state index in [1.165, 1.54) is 13.2 Å². The molecule has 1 unspecified atom stereocenters. The summed E-state index contributed by atoms with van der Waals surface area (Å²) in [7, 11) is 1.42. The predicted molar refractivity (Wildman–Crippen MR) is 139 cm³/mol. The van der Waals surface area contributed by atoms with Gasteiger partial charge in [0.05, 0.1) is 25.4 Å². The molecule has 0 saturated carbocycles. The Kier molecular flexibility index (Phi) is 12.0. The van der Waals surface area contributed by atoms with Gasteiger partial charge in [0.1, 0.15) is 29.3 Å². The highest BCUT2D eigenvalue weighted by molar-refractivity contribution is 5.96. The van der Waals surface area contributed by atoms with Crippen LogP contribution in [-0.4, -0.2) is 78.5 Å². The number of benzene rings is 1. The zero-order chi connectivity index (χ0) is 28.3. The number of aliphatic hydroxyl groups is 2. The van der Waals surface area contributed by atoms with Crippen molar-refractivity contribution in [3.05, 3.63) is 51.9 Å². The summed E-state index contributed by atoms with van der Waals surface area (Å²) in [5.41, 5.74) is 8.60. The molecule has 3 N–H and O–H groups in total. The molecule has 38 heavy (non-hydrogen) atoms. The smallest absolute Gasteiger partial charge is 0.340 e. The maximum Gasteiger partial charge on any atom is 0.340 e. The Morgan fingerprint density at radius 1 is 1.21 bits per heavy atom. The first-order chi connectivity index (χ1) is 18.0. The Labute approximate surface area is 222 Å². The summed E-state index contributed by atoms with van der Waals surface area (Å²) in [4.78, 5) is 14.9. The van der Waals surface area contributed by atoms with Crippen LogP contribution in [0.1, 0.15) is 50.0 Å². The molecule has 210 valence electrons. The maximum absolute atomic E-state index is 12.2. The molecule has 0 bridgehead atoms. The van der Waals surface area contributed by atoms with Gasteiger partial charge in [-0.1, -0.05) is 36.3 Å². The normalized spacial score (nSPS) is 21.2. The number of carboxylic acids is 1. The summed E-state index contributed by atoms with van der Waals surface area (Å²) in [5.74, 6) is -1.98.